The van der Waals surface area contributed by atoms with E-state index in [1.54, 1.807) is 25.1 Å². The average Bonchev–Trinajstić information content (AvgIpc) is 2.66. The molecular formula is C18H16N2O8S2. The van der Waals surface area contributed by atoms with E-state index in [9.17, 15) is 31.0 Å². The summed E-state index contributed by atoms with van der Waals surface area (Å²) in [6.45, 7) is 1.76. The van der Waals surface area contributed by atoms with Crippen molar-refractivity contribution < 1.29 is 35.8 Å². The number of nitrogens with zero attached hydrogens (tertiary/aromatic N) is 2. The molecule has 0 aromatic heterocycles. The largest absolute Gasteiger partial charge is 0.505 e. The number of fused-ring (bicyclic) bond motifs is 1. The minimum atomic E-state index is -4.81. The Labute approximate surface area is 172 Å². The lowest BCUT2D eigenvalue weighted by Gasteiger charge is -2.10. The van der Waals surface area contributed by atoms with Gasteiger partial charge in [-0.15, -0.1) is 10.2 Å². The fraction of sp³-hybridized carbons (Fsp3) is 0.111. The third kappa shape index (κ3) is 4.26. The van der Waals surface area contributed by atoms with E-state index in [1.165, 1.54) is 19.2 Å². The van der Waals surface area contributed by atoms with Crippen LogP contribution < -0.4 is 4.74 Å². The number of phenolic OH excluding ortho intramolecular Hbond substituents is 1. The monoisotopic (exact) mass is 452 g/mol. The molecule has 0 aliphatic carbocycles. The summed E-state index contributed by atoms with van der Waals surface area (Å²) >= 11 is 0. The maximum absolute atomic E-state index is 11.8. The number of ether oxygens (including phenoxy) is 1. The van der Waals surface area contributed by atoms with Gasteiger partial charge in [-0.05, 0) is 36.6 Å². The fourth-order valence-corrected chi connectivity index (χ4v) is 4.06. The molecule has 0 bridgehead atoms. The van der Waals surface area contributed by atoms with Gasteiger partial charge in [0.2, 0.25) is 0 Å². The van der Waals surface area contributed by atoms with Crippen LogP contribution >= 0.6 is 0 Å². The van der Waals surface area contributed by atoms with Crippen molar-refractivity contribution in [2.75, 3.05) is 7.11 Å². The fourth-order valence-electron chi connectivity index (χ4n) is 2.76. The molecule has 0 heterocycles. The van der Waals surface area contributed by atoms with Crippen LogP contribution in [-0.4, -0.2) is 38.2 Å². The molecule has 3 aromatic carbocycles. The Kier molecular flexibility index (Phi) is 5.52. The van der Waals surface area contributed by atoms with Gasteiger partial charge in [0.15, 0.2) is 5.75 Å². The van der Waals surface area contributed by atoms with Crippen molar-refractivity contribution in [2.24, 2.45) is 10.2 Å². The second-order valence-corrected chi connectivity index (χ2v) is 9.06. The van der Waals surface area contributed by atoms with Crippen LogP contribution in [0.25, 0.3) is 10.8 Å². The van der Waals surface area contributed by atoms with E-state index >= 15 is 0 Å². The van der Waals surface area contributed by atoms with Gasteiger partial charge in [-0.2, -0.15) is 16.8 Å². The number of aromatic hydroxyl groups is 1. The van der Waals surface area contributed by atoms with Gasteiger partial charge < -0.3 is 9.84 Å². The number of methoxy groups -OCH3 is 1. The molecule has 0 spiro atoms. The predicted molar refractivity (Wildman–Crippen MR) is 107 cm³/mol. The lowest BCUT2D eigenvalue weighted by molar-refractivity contribution is 0.412. The quantitative estimate of drug-likeness (QED) is 0.389. The first-order chi connectivity index (χ1) is 13.9. The Morgan fingerprint density at radius 2 is 1.53 bits per heavy atom. The summed E-state index contributed by atoms with van der Waals surface area (Å²) in [6, 6.07) is 9.44. The van der Waals surface area contributed by atoms with Gasteiger partial charge in [0, 0.05) is 11.5 Å². The number of aryl methyl sites for hydroxylation is 1. The van der Waals surface area contributed by atoms with E-state index in [0.29, 0.717) is 5.39 Å². The number of hydrogen-bond acceptors (Lipinski definition) is 8. The van der Waals surface area contributed by atoms with Crippen LogP contribution in [0.15, 0.2) is 62.5 Å². The maximum Gasteiger partial charge on any atom is 0.296 e. The van der Waals surface area contributed by atoms with Crippen LogP contribution in [-0.2, 0) is 20.2 Å². The number of benzene rings is 3. The van der Waals surface area contributed by atoms with Gasteiger partial charge in [-0.3, -0.25) is 9.11 Å². The highest BCUT2D eigenvalue weighted by Gasteiger charge is 2.23. The van der Waals surface area contributed by atoms with Gasteiger partial charge in [0.05, 0.1) is 7.11 Å². The van der Waals surface area contributed by atoms with E-state index in [2.05, 4.69) is 10.2 Å². The Hall–Kier alpha value is -3.06. The van der Waals surface area contributed by atoms with Crippen LogP contribution in [0, 0.1) is 6.92 Å². The summed E-state index contributed by atoms with van der Waals surface area (Å²) in [6.07, 6.45) is 0. The lowest BCUT2D eigenvalue weighted by atomic mass is 10.1. The van der Waals surface area contributed by atoms with Crippen LogP contribution in [0.1, 0.15) is 5.56 Å². The molecule has 0 fully saturated rings. The van der Waals surface area contributed by atoms with Crippen LogP contribution in [0.4, 0.5) is 11.4 Å². The molecule has 0 aliphatic heterocycles. The van der Waals surface area contributed by atoms with Crippen LogP contribution in [0.5, 0.6) is 11.5 Å². The normalized spacial score (nSPS) is 12.5. The number of phenols is 1. The lowest BCUT2D eigenvalue weighted by Crippen LogP contribution is -2.00. The van der Waals surface area contributed by atoms with E-state index in [4.69, 9.17) is 4.74 Å². The predicted octanol–water partition coefficient (Wildman–Crippen LogP) is 3.77. The Balaban J connectivity index is 2.28. The highest BCUT2D eigenvalue weighted by molar-refractivity contribution is 7.86. The Morgan fingerprint density at radius 1 is 0.867 bits per heavy atom. The van der Waals surface area contributed by atoms with E-state index in [1.807, 2.05) is 0 Å². The van der Waals surface area contributed by atoms with Crippen molar-refractivity contribution in [2.45, 2.75) is 16.7 Å². The standard InChI is InChI=1S/C18H16N2O8S2/c1-10-3-4-11-8-16(30(25,26)27)17(18(21)13(11)7-10)20-19-14-6-5-12(28-2)9-15(14)29(22,23)24/h3-9,21H,1-2H3,(H,22,23,24)(H,25,26,27). The van der Waals surface area contributed by atoms with Gasteiger partial charge in [-0.1, -0.05) is 17.7 Å². The first-order valence-corrected chi connectivity index (χ1v) is 11.1. The summed E-state index contributed by atoms with van der Waals surface area (Å²) in [4.78, 5) is -1.36. The average molecular weight is 452 g/mol. The van der Waals surface area contributed by atoms with Gasteiger partial charge in [0.25, 0.3) is 20.2 Å². The van der Waals surface area contributed by atoms with Crippen molar-refractivity contribution in [1.29, 1.82) is 0 Å². The molecule has 12 heteroatoms. The number of hydrogen-bond donors (Lipinski definition) is 3. The zero-order chi connectivity index (χ0) is 22.3. The van der Waals surface area contributed by atoms with Crippen LogP contribution in [0.2, 0.25) is 0 Å². The first-order valence-electron chi connectivity index (χ1n) is 8.23. The zero-order valence-electron chi connectivity index (χ0n) is 15.6. The smallest absolute Gasteiger partial charge is 0.296 e. The second kappa shape index (κ2) is 7.65. The molecule has 0 unspecified atom stereocenters. The third-order valence-corrected chi connectivity index (χ3v) is 5.94. The van der Waals surface area contributed by atoms with Crippen molar-refractivity contribution in [3.63, 3.8) is 0 Å². The summed E-state index contributed by atoms with van der Waals surface area (Å²) in [7, 11) is -8.25. The van der Waals surface area contributed by atoms with Gasteiger partial charge in [0.1, 0.15) is 26.9 Å². The summed E-state index contributed by atoms with van der Waals surface area (Å²) < 4.78 is 70.9. The second-order valence-electron chi connectivity index (χ2n) is 6.28. The summed E-state index contributed by atoms with van der Waals surface area (Å²) in [5.41, 5.74) is -0.167. The highest BCUT2D eigenvalue weighted by atomic mass is 32.2. The Morgan fingerprint density at radius 3 is 2.13 bits per heavy atom. The van der Waals surface area contributed by atoms with Crippen molar-refractivity contribution in [1.82, 2.24) is 0 Å². The zero-order valence-corrected chi connectivity index (χ0v) is 17.3. The van der Waals surface area contributed by atoms with Crippen molar-refractivity contribution in [3.8, 4) is 11.5 Å². The Bertz CT molecular complexity index is 1400. The van der Waals surface area contributed by atoms with E-state index < -0.39 is 41.5 Å². The molecule has 0 atom stereocenters. The molecule has 0 saturated heterocycles. The van der Waals surface area contributed by atoms with E-state index in [-0.39, 0.29) is 16.8 Å². The topological polar surface area (TPSA) is 163 Å². The number of azo groups is 1. The molecule has 0 radical (unpaired) electrons. The minimum absolute atomic E-state index is 0.115. The number of rotatable bonds is 5. The van der Waals surface area contributed by atoms with E-state index in [0.717, 1.165) is 17.7 Å². The molecule has 10 nitrogen and oxygen atoms in total. The molecule has 0 amide bonds. The third-order valence-electron chi connectivity index (χ3n) is 4.19. The molecule has 0 saturated carbocycles. The highest BCUT2D eigenvalue weighted by Crippen LogP contribution is 2.42. The molecular weight excluding hydrogens is 436 g/mol. The molecule has 0 aliphatic rings. The molecule has 30 heavy (non-hydrogen) atoms. The van der Waals surface area contributed by atoms with Gasteiger partial charge in [-0.25, -0.2) is 0 Å². The molecule has 3 rings (SSSR count). The molecule has 3 N–H and O–H groups in total. The SMILES string of the molecule is COc1ccc(N=Nc2c(S(=O)(=O)O)cc3ccc(C)cc3c2O)c(S(=O)(=O)O)c1. The summed E-state index contributed by atoms with van der Waals surface area (Å²) in [5.74, 6) is -0.460. The van der Waals surface area contributed by atoms with Crippen molar-refractivity contribution in [3.05, 3.63) is 48.0 Å². The van der Waals surface area contributed by atoms with Crippen LogP contribution in [0.3, 0.4) is 0 Å². The molecule has 158 valence electrons. The minimum Gasteiger partial charge on any atom is -0.505 e. The molecule has 3 aromatic rings. The first kappa shape index (κ1) is 21.6. The summed E-state index contributed by atoms with van der Waals surface area (Å²) in [5, 5.41) is 18.5. The maximum atomic E-state index is 11.8. The van der Waals surface area contributed by atoms with Crippen molar-refractivity contribution >= 4 is 42.4 Å². The van der Waals surface area contributed by atoms with Gasteiger partial charge >= 0.3 is 0 Å².